The third-order valence-corrected chi connectivity index (χ3v) is 1.93. The van der Waals surface area contributed by atoms with Crippen LogP contribution >= 0.6 is 0 Å². The molecule has 0 radical (unpaired) electrons. The fourth-order valence-electron chi connectivity index (χ4n) is 1.31. The van der Waals surface area contributed by atoms with Crippen LogP contribution in [0.1, 0.15) is 11.4 Å². The van der Waals surface area contributed by atoms with Gasteiger partial charge in [-0.15, -0.1) is 0 Å². The lowest BCUT2D eigenvalue weighted by molar-refractivity contribution is 0.779. The molecule has 0 fully saturated rings. The summed E-state index contributed by atoms with van der Waals surface area (Å²) >= 11 is 0. The van der Waals surface area contributed by atoms with Gasteiger partial charge in [0.25, 0.3) is 0 Å². The molecule has 0 amide bonds. The van der Waals surface area contributed by atoms with E-state index in [2.05, 4.69) is 10.1 Å². The highest BCUT2D eigenvalue weighted by Gasteiger charge is 2.07. The first-order chi connectivity index (χ1) is 6.22. The maximum Gasteiger partial charge on any atom is 0.171 e. The van der Waals surface area contributed by atoms with Crippen molar-refractivity contribution in [1.82, 2.24) is 14.8 Å². The molecule has 0 aliphatic carbocycles. The summed E-state index contributed by atoms with van der Waals surface area (Å²) in [5, 5.41) is 13.6. The Morgan fingerprint density at radius 2 is 2.23 bits per heavy atom. The van der Waals surface area contributed by atoms with E-state index in [4.69, 9.17) is 5.26 Å². The number of nitriles is 1. The van der Waals surface area contributed by atoms with Crippen molar-refractivity contribution in [3.8, 4) is 6.07 Å². The van der Waals surface area contributed by atoms with Crippen molar-refractivity contribution in [2.75, 3.05) is 0 Å². The summed E-state index contributed by atoms with van der Waals surface area (Å²) in [4.78, 5) is 4.29. The molecule has 13 heavy (non-hydrogen) atoms. The summed E-state index contributed by atoms with van der Waals surface area (Å²) < 4.78 is 1.63. The molecule has 0 aliphatic rings. The Kier molecular flexibility index (Phi) is 1.52. The van der Waals surface area contributed by atoms with Crippen LogP contribution in [0, 0.1) is 18.3 Å². The van der Waals surface area contributed by atoms with Crippen molar-refractivity contribution < 1.29 is 0 Å². The summed E-state index contributed by atoms with van der Waals surface area (Å²) in [6.45, 7) is 1.92. The third-order valence-electron chi connectivity index (χ3n) is 1.93. The van der Waals surface area contributed by atoms with Gasteiger partial charge >= 0.3 is 0 Å². The van der Waals surface area contributed by atoms with E-state index in [9.17, 15) is 0 Å². The average molecular weight is 172 g/mol. The highest BCUT2D eigenvalue weighted by atomic mass is 15.3. The first kappa shape index (κ1) is 7.74. The fraction of sp³-hybridized carbons (Fsp3) is 0.222. The van der Waals surface area contributed by atoms with Crippen LogP contribution < -0.4 is 0 Å². The molecule has 0 spiro atoms. The molecule has 0 saturated carbocycles. The maximum absolute atomic E-state index is 8.76. The van der Waals surface area contributed by atoms with E-state index in [1.807, 2.05) is 25.1 Å². The molecule has 2 aromatic rings. The van der Waals surface area contributed by atoms with Gasteiger partial charge in [0, 0.05) is 12.7 Å². The third kappa shape index (κ3) is 1.05. The van der Waals surface area contributed by atoms with Crippen LogP contribution in [0.3, 0.4) is 0 Å². The number of fused-ring (bicyclic) bond motifs is 1. The molecule has 0 saturated heterocycles. The normalized spacial score (nSPS) is 10.2. The fourth-order valence-corrected chi connectivity index (χ4v) is 1.31. The summed E-state index contributed by atoms with van der Waals surface area (Å²) in [6, 6.07) is 5.80. The Morgan fingerprint density at radius 1 is 1.46 bits per heavy atom. The van der Waals surface area contributed by atoms with Gasteiger partial charge in [0.1, 0.15) is 6.07 Å². The second-order valence-electron chi connectivity index (χ2n) is 2.91. The van der Waals surface area contributed by atoms with Crippen LogP contribution in [0.25, 0.3) is 11.0 Å². The monoisotopic (exact) mass is 172 g/mol. The van der Waals surface area contributed by atoms with Gasteiger partial charge in [0.2, 0.25) is 0 Å². The van der Waals surface area contributed by atoms with E-state index in [-0.39, 0.29) is 0 Å². The van der Waals surface area contributed by atoms with Crippen molar-refractivity contribution in [1.29, 1.82) is 5.26 Å². The second kappa shape index (κ2) is 2.56. The number of pyridine rings is 1. The van der Waals surface area contributed by atoms with Crippen LogP contribution in [0.15, 0.2) is 12.1 Å². The second-order valence-corrected chi connectivity index (χ2v) is 2.91. The van der Waals surface area contributed by atoms with Crippen molar-refractivity contribution in [2.45, 2.75) is 6.92 Å². The van der Waals surface area contributed by atoms with Crippen molar-refractivity contribution in [3.05, 3.63) is 23.5 Å². The molecule has 2 rings (SSSR count). The van der Waals surface area contributed by atoms with Crippen LogP contribution in [-0.2, 0) is 7.05 Å². The minimum Gasteiger partial charge on any atom is -0.249 e. The molecule has 2 aromatic heterocycles. The molecule has 4 heteroatoms. The van der Waals surface area contributed by atoms with Crippen LogP contribution in [0.4, 0.5) is 0 Å². The molecule has 0 aromatic carbocycles. The minimum absolute atomic E-state index is 0.435. The first-order valence-corrected chi connectivity index (χ1v) is 3.93. The van der Waals surface area contributed by atoms with E-state index in [0.717, 1.165) is 16.7 Å². The molecule has 0 unspecified atom stereocenters. The van der Waals surface area contributed by atoms with Crippen LogP contribution in [0.5, 0.6) is 0 Å². The largest absolute Gasteiger partial charge is 0.249 e. The summed E-state index contributed by atoms with van der Waals surface area (Å²) in [5.74, 6) is 0. The Morgan fingerprint density at radius 3 is 2.92 bits per heavy atom. The predicted octanol–water partition coefficient (Wildman–Crippen LogP) is 1.15. The quantitative estimate of drug-likeness (QED) is 0.599. The van der Waals surface area contributed by atoms with Crippen LogP contribution in [-0.4, -0.2) is 14.8 Å². The Hall–Kier alpha value is -1.89. The van der Waals surface area contributed by atoms with Crippen molar-refractivity contribution in [3.63, 3.8) is 0 Å². The highest BCUT2D eigenvalue weighted by Crippen LogP contribution is 2.15. The Balaban J connectivity index is 2.90. The van der Waals surface area contributed by atoms with E-state index < -0.39 is 0 Å². The smallest absolute Gasteiger partial charge is 0.171 e. The number of aryl methyl sites for hydroxylation is 2. The molecule has 4 nitrogen and oxygen atoms in total. The van der Waals surface area contributed by atoms with E-state index in [1.165, 1.54) is 0 Å². The molecular formula is C9H8N4. The molecule has 2 heterocycles. The van der Waals surface area contributed by atoms with E-state index in [0.29, 0.717) is 5.69 Å². The van der Waals surface area contributed by atoms with Crippen molar-refractivity contribution >= 4 is 11.0 Å². The molecular weight excluding hydrogens is 164 g/mol. The molecule has 0 N–H and O–H groups in total. The Labute approximate surface area is 75.4 Å². The average Bonchev–Trinajstić information content (AvgIpc) is 2.43. The number of hydrogen-bond acceptors (Lipinski definition) is 3. The number of hydrogen-bond donors (Lipinski definition) is 0. The molecule has 64 valence electrons. The lowest BCUT2D eigenvalue weighted by Crippen LogP contribution is -1.92. The molecule has 0 aliphatic heterocycles. The summed E-state index contributed by atoms with van der Waals surface area (Å²) in [5.41, 5.74) is 2.13. The summed E-state index contributed by atoms with van der Waals surface area (Å²) in [7, 11) is 1.79. The zero-order valence-electron chi connectivity index (χ0n) is 7.44. The van der Waals surface area contributed by atoms with Gasteiger partial charge in [-0.25, -0.2) is 9.67 Å². The van der Waals surface area contributed by atoms with Gasteiger partial charge in [0.15, 0.2) is 11.3 Å². The standard InChI is InChI=1S/C9H8N4/c1-6-3-4-7-8(5-10)12-13(2)9(7)11-6/h3-4H,1-2H3. The SMILES string of the molecule is Cc1ccc2c(C#N)nn(C)c2n1. The molecule has 0 bridgehead atoms. The van der Waals surface area contributed by atoms with Gasteiger partial charge in [-0.2, -0.15) is 10.4 Å². The summed E-state index contributed by atoms with van der Waals surface area (Å²) in [6.07, 6.45) is 0. The van der Waals surface area contributed by atoms with Gasteiger partial charge in [0.05, 0.1) is 5.39 Å². The van der Waals surface area contributed by atoms with Gasteiger partial charge in [-0.1, -0.05) is 0 Å². The molecule has 0 atom stereocenters. The predicted molar refractivity (Wildman–Crippen MR) is 48.0 cm³/mol. The Bertz CT molecular complexity index is 504. The minimum atomic E-state index is 0.435. The lowest BCUT2D eigenvalue weighted by Gasteiger charge is -1.93. The number of nitrogens with zero attached hydrogens (tertiary/aromatic N) is 4. The van der Waals surface area contributed by atoms with E-state index >= 15 is 0 Å². The number of aromatic nitrogens is 3. The lowest BCUT2D eigenvalue weighted by atomic mass is 10.2. The zero-order valence-corrected chi connectivity index (χ0v) is 7.44. The maximum atomic E-state index is 8.76. The highest BCUT2D eigenvalue weighted by molar-refractivity contribution is 5.80. The van der Waals surface area contributed by atoms with Crippen LogP contribution in [0.2, 0.25) is 0 Å². The zero-order chi connectivity index (χ0) is 9.42. The topological polar surface area (TPSA) is 54.5 Å². The van der Waals surface area contributed by atoms with Gasteiger partial charge in [-0.05, 0) is 19.1 Å². The first-order valence-electron chi connectivity index (χ1n) is 3.93. The number of rotatable bonds is 0. The van der Waals surface area contributed by atoms with Crippen molar-refractivity contribution in [2.24, 2.45) is 7.05 Å². The van der Waals surface area contributed by atoms with Gasteiger partial charge < -0.3 is 0 Å². The van der Waals surface area contributed by atoms with E-state index in [1.54, 1.807) is 11.7 Å². The van der Waals surface area contributed by atoms with Gasteiger partial charge in [-0.3, -0.25) is 0 Å².